The normalized spacial score (nSPS) is 11.4. The van der Waals surface area contributed by atoms with Gasteiger partial charge in [0.05, 0.1) is 27.0 Å². The third kappa shape index (κ3) is 4.80. The highest BCUT2D eigenvalue weighted by Gasteiger charge is 2.35. The molecule has 0 unspecified atom stereocenters. The van der Waals surface area contributed by atoms with Crippen LogP contribution in [0.4, 0.5) is 18.9 Å². The highest BCUT2D eigenvalue weighted by atomic mass is 35.5. The Hall–Kier alpha value is -3.99. The second-order valence-electron chi connectivity index (χ2n) is 7.20. The molecular formula is C23H18ClF3N4O4. The molecule has 0 atom stereocenters. The van der Waals surface area contributed by atoms with Gasteiger partial charge in [0, 0.05) is 34.5 Å². The first-order valence-electron chi connectivity index (χ1n) is 10.00. The quantitative estimate of drug-likeness (QED) is 0.379. The average Bonchev–Trinajstić information content (AvgIpc) is 3.27. The van der Waals surface area contributed by atoms with Gasteiger partial charge in [-0.3, -0.25) is 4.79 Å². The zero-order chi connectivity index (χ0) is 25.3. The SMILES string of the molecule is COc1cc(NC(=O)c2cc3nc(-c4ccc(Cl)cc4)cc(C(F)(F)F)n3n2)cc(OC)c1OC. The number of carbonyl (C=O) groups is 1. The number of carbonyl (C=O) groups excluding carboxylic acids is 1. The summed E-state index contributed by atoms with van der Waals surface area (Å²) in [6.45, 7) is 0. The summed E-state index contributed by atoms with van der Waals surface area (Å²) in [5.74, 6) is 0.122. The van der Waals surface area contributed by atoms with Crippen molar-refractivity contribution in [3.8, 4) is 28.5 Å². The molecule has 182 valence electrons. The van der Waals surface area contributed by atoms with Crippen LogP contribution in [0.1, 0.15) is 16.2 Å². The Morgan fingerprint density at radius 3 is 2.14 bits per heavy atom. The Balaban J connectivity index is 1.75. The molecule has 0 saturated heterocycles. The summed E-state index contributed by atoms with van der Waals surface area (Å²) in [6.07, 6.45) is -4.75. The van der Waals surface area contributed by atoms with E-state index >= 15 is 0 Å². The zero-order valence-electron chi connectivity index (χ0n) is 18.6. The molecule has 4 aromatic rings. The minimum absolute atomic E-state index is 0.0537. The summed E-state index contributed by atoms with van der Waals surface area (Å²) >= 11 is 5.88. The first-order chi connectivity index (χ1) is 16.6. The molecule has 1 N–H and O–H groups in total. The number of rotatable bonds is 6. The van der Waals surface area contributed by atoms with E-state index in [1.807, 2.05) is 0 Å². The van der Waals surface area contributed by atoms with Crippen molar-refractivity contribution in [2.24, 2.45) is 0 Å². The Labute approximate surface area is 202 Å². The van der Waals surface area contributed by atoms with Crippen molar-refractivity contribution in [1.29, 1.82) is 0 Å². The van der Waals surface area contributed by atoms with E-state index in [9.17, 15) is 18.0 Å². The van der Waals surface area contributed by atoms with Crippen molar-refractivity contribution in [3.05, 3.63) is 64.9 Å². The number of nitrogens with zero attached hydrogens (tertiary/aromatic N) is 3. The van der Waals surface area contributed by atoms with Crippen molar-refractivity contribution in [3.63, 3.8) is 0 Å². The predicted molar refractivity (Wildman–Crippen MR) is 122 cm³/mol. The molecule has 1 amide bonds. The Kier molecular flexibility index (Phi) is 6.44. The lowest BCUT2D eigenvalue weighted by Gasteiger charge is -2.14. The van der Waals surface area contributed by atoms with Crippen LogP contribution in [0.2, 0.25) is 5.02 Å². The molecule has 0 aliphatic rings. The van der Waals surface area contributed by atoms with Gasteiger partial charge in [0.2, 0.25) is 5.75 Å². The molecule has 0 radical (unpaired) electrons. The monoisotopic (exact) mass is 506 g/mol. The number of ether oxygens (including phenoxy) is 3. The summed E-state index contributed by atoms with van der Waals surface area (Å²) < 4.78 is 57.8. The maximum atomic E-state index is 13.8. The zero-order valence-corrected chi connectivity index (χ0v) is 19.4. The van der Waals surface area contributed by atoms with Crippen LogP contribution in [0.25, 0.3) is 16.9 Å². The third-order valence-corrected chi connectivity index (χ3v) is 5.26. The van der Waals surface area contributed by atoms with E-state index in [4.69, 9.17) is 25.8 Å². The lowest BCUT2D eigenvalue weighted by molar-refractivity contribution is -0.142. The van der Waals surface area contributed by atoms with Crippen molar-refractivity contribution in [2.75, 3.05) is 26.6 Å². The van der Waals surface area contributed by atoms with Gasteiger partial charge in [0.25, 0.3) is 5.91 Å². The van der Waals surface area contributed by atoms with Crippen LogP contribution in [0.5, 0.6) is 17.2 Å². The molecule has 12 heteroatoms. The molecule has 2 heterocycles. The summed E-state index contributed by atoms with van der Waals surface area (Å²) in [5, 5.41) is 6.86. The molecule has 0 spiro atoms. The van der Waals surface area contributed by atoms with Gasteiger partial charge >= 0.3 is 6.18 Å². The average molecular weight is 507 g/mol. The molecule has 8 nitrogen and oxygen atoms in total. The van der Waals surface area contributed by atoms with Crippen molar-refractivity contribution in [1.82, 2.24) is 14.6 Å². The van der Waals surface area contributed by atoms with Gasteiger partial charge in [0.15, 0.2) is 28.5 Å². The molecule has 0 bridgehead atoms. The topological polar surface area (TPSA) is 87.0 Å². The molecule has 35 heavy (non-hydrogen) atoms. The van der Waals surface area contributed by atoms with Crippen LogP contribution in [0.3, 0.4) is 0 Å². The highest BCUT2D eigenvalue weighted by Crippen LogP contribution is 2.40. The predicted octanol–water partition coefficient (Wildman–Crippen LogP) is 5.35. The second kappa shape index (κ2) is 9.34. The molecule has 2 aromatic heterocycles. The van der Waals surface area contributed by atoms with Gasteiger partial charge < -0.3 is 19.5 Å². The van der Waals surface area contributed by atoms with Crippen LogP contribution in [-0.2, 0) is 6.18 Å². The van der Waals surface area contributed by atoms with E-state index in [0.717, 1.165) is 6.07 Å². The molecule has 0 fully saturated rings. The number of hydrogen-bond acceptors (Lipinski definition) is 6. The Morgan fingerprint density at radius 2 is 1.60 bits per heavy atom. The minimum atomic E-state index is -4.75. The van der Waals surface area contributed by atoms with Crippen LogP contribution in [0, 0.1) is 0 Å². The van der Waals surface area contributed by atoms with Gasteiger partial charge in [-0.15, -0.1) is 0 Å². The van der Waals surface area contributed by atoms with E-state index in [-0.39, 0.29) is 34.2 Å². The number of halogens is 4. The number of amides is 1. The van der Waals surface area contributed by atoms with E-state index < -0.39 is 17.8 Å². The fourth-order valence-corrected chi connectivity index (χ4v) is 3.53. The van der Waals surface area contributed by atoms with Gasteiger partial charge in [-0.1, -0.05) is 23.7 Å². The number of fused-ring (bicyclic) bond motifs is 1. The lowest BCUT2D eigenvalue weighted by Crippen LogP contribution is -2.16. The lowest BCUT2D eigenvalue weighted by atomic mass is 10.1. The van der Waals surface area contributed by atoms with E-state index in [1.54, 1.807) is 24.3 Å². The fraction of sp³-hybridized carbons (Fsp3) is 0.174. The number of methoxy groups -OCH3 is 3. The van der Waals surface area contributed by atoms with Gasteiger partial charge in [-0.05, 0) is 18.2 Å². The van der Waals surface area contributed by atoms with Crippen molar-refractivity contribution < 1.29 is 32.2 Å². The molecule has 4 rings (SSSR count). The van der Waals surface area contributed by atoms with E-state index in [0.29, 0.717) is 20.9 Å². The summed E-state index contributed by atoms with van der Waals surface area (Å²) in [5.41, 5.74) is -0.776. The maximum absolute atomic E-state index is 13.8. The smallest absolute Gasteiger partial charge is 0.433 e. The fourth-order valence-electron chi connectivity index (χ4n) is 3.40. The molecule has 0 aliphatic carbocycles. The van der Waals surface area contributed by atoms with Crippen molar-refractivity contribution >= 4 is 28.8 Å². The number of aromatic nitrogens is 3. The summed E-state index contributed by atoms with van der Waals surface area (Å²) in [4.78, 5) is 17.1. The summed E-state index contributed by atoms with van der Waals surface area (Å²) in [6, 6.07) is 11.2. The van der Waals surface area contributed by atoms with Crippen molar-refractivity contribution in [2.45, 2.75) is 6.18 Å². The van der Waals surface area contributed by atoms with Gasteiger partial charge in [-0.2, -0.15) is 18.3 Å². The van der Waals surface area contributed by atoms with E-state index in [1.165, 1.54) is 39.5 Å². The molecular weight excluding hydrogens is 489 g/mol. The standard InChI is InChI=1S/C23H18ClF3N4O4/c1-33-17-8-14(9-18(34-2)21(17)35-3)28-22(32)16-11-20-29-15(12-4-6-13(24)7-5-12)10-19(23(25,26)27)31(20)30-16/h4-11H,1-3H3,(H,28,32). The van der Waals surface area contributed by atoms with Crippen LogP contribution in [0.15, 0.2) is 48.5 Å². The molecule has 0 aliphatic heterocycles. The molecule has 2 aromatic carbocycles. The van der Waals surface area contributed by atoms with Crippen LogP contribution < -0.4 is 19.5 Å². The van der Waals surface area contributed by atoms with Crippen LogP contribution in [-0.4, -0.2) is 41.8 Å². The Bertz CT molecular complexity index is 1380. The summed E-state index contributed by atoms with van der Waals surface area (Å²) in [7, 11) is 4.25. The number of nitrogens with one attached hydrogen (secondary N) is 1. The number of alkyl halides is 3. The maximum Gasteiger partial charge on any atom is 0.433 e. The first-order valence-corrected chi connectivity index (χ1v) is 10.4. The largest absolute Gasteiger partial charge is 0.493 e. The van der Waals surface area contributed by atoms with Gasteiger partial charge in [-0.25, -0.2) is 9.50 Å². The van der Waals surface area contributed by atoms with Crippen LogP contribution >= 0.6 is 11.6 Å². The minimum Gasteiger partial charge on any atom is -0.493 e. The number of benzene rings is 2. The van der Waals surface area contributed by atoms with E-state index in [2.05, 4.69) is 15.4 Å². The van der Waals surface area contributed by atoms with Gasteiger partial charge in [0.1, 0.15) is 0 Å². The number of anilines is 1. The highest BCUT2D eigenvalue weighted by molar-refractivity contribution is 6.30. The second-order valence-corrected chi connectivity index (χ2v) is 7.64. The third-order valence-electron chi connectivity index (χ3n) is 5.01. The Morgan fingerprint density at radius 1 is 0.971 bits per heavy atom. The number of hydrogen-bond donors (Lipinski definition) is 1. The first kappa shape index (κ1) is 24.1. The molecule has 0 saturated carbocycles.